The summed E-state index contributed by atoms with van der Waals surface area (Å²) in [4.78, 5) is 32.6. The molecule has 4 rings (SSSR count). The molecule has 2 aromatic heterocycles. The summed E-state index contributed by atoms with van der Waals surface area (Å²) in [7, 11) is 0. The smallest absolute Gasteiger partial charge is 0.420 e. The maximum Gasteiger partial charge on any atom is 0.420 e. The van der Waals surface area contributed by atoms with Crippen molar-refractivity contribution in [3.63, 3.8) is 0 Å². The summed E-state index contributed by atoms with van der Waals surface area (Å²) >= 11 is 0. The minimum Gasteiger partial charge on any atom is -0.449 e. The highest BCUT2D eigenvalue weighted by molar-refractivity contribution is 5.93. The van der Waals surface area contributed by atoms with Gasteiger partial charge in [-0.1, -0.05) is 20.8 Å². The fourth-order valence-corrected chi connectivity index (χ4v) is 3.99. The van der Waals surface area contributed by atoms with Crippen molar-refractivity contribution in [1.82, 2.24) is 24.4 Å². The number of alkyl halides is 3. The quantitative estimate of drug-likeness (QED) is 0.459. The van der Waals surface area contributed by atoms with Gasteiger partial charge in [0, 0.05) is 31.2 Å². The number of fused-ring (bicyclic) bond motifs is 1. The minimum atomic E-state index is -4.77. The Balaban J connectivity index is 1.57. The van der Waals surface area contributed by atoms with Gasteiger partial charge in [0.15, 0.2) is 5.65 Å². The van der Waals surface area contributed by atoms with E-state index in [2.05, 4.69) is 10.1 Å². The van der Waals surface area contributed by atoms with Crippen molar-refractivity contribution in [2.45, 2.75) is 39.9 Å². The normalized spacial score (nSPS) is 16.8. The molecule has 0 bridgehead atoms. The molecule has 0 saturated carbocycles. The number of hydrogen-bond acceptors (Lipinski definition) is 5. The molecule has 1 aliphatic rings. The van der Waals surface area contributed by atoms with Gasteiger partial charge in [-0.15, -0.1) is 0 Å². The van der Waals surface area contributed by atoms with Crippen LogP contribution in [-0.2, 0) is 10.9 Å². The first-order chi connectivity index (χ1) is 17.2. The number of ether oxygens (including phenoxy) is 1. The number of carbonyl (C=O) groups excluding carboxylic acids is 2. The molecule has 0 N–H and O–H groups in total. The molecule has 0 radical (unpaired) electrons. The minimum absolute atomic E-state index is 0.0489. The van der Waals surface area contributed by atoms with Crippen LogP contribution in [0.3, 0.4) is 0 Å². The molecule has 1 aliphatic heterocycles. The monoisotopic (exact) mass is 521 g/mol. The lowest BCUT2D eigenvalue weighted by atomic mass is 9.99. The number of hydrogen-bond donors (Lipinski definition) is 0. The largest absolute Gasteiger partial charge is 0.449 e. The summed E-state index contributed by atoms with van der Waals surface area (Å²) in [6, 6.07) is 5.35. The average Bonchev–Trinajstić information content (AvgIpc) is 3.25. The fraction of sp³-hybridized carbons (Fsp3) is 0.440. The van der Waals surface area contributed by atoms with Crippen molar-refractivity contribution in [2.24, 2.45) is 5.41 Å². The van der Waals surface area contributed by atoms with Gasteiger partial charge >= 0.3 is 12.3 Å². The number of carbonyl (C=O) groups is 2. The Bertz CT molecular complexity index is 1310. The number of benzene rings is 1. The number of imidazole rings is 1. The van der Waals surface area contributed by atoms with Crippen LogP contribution in [0.5, 0.6) is 0 Å². The van der Waals surface area contributed by atoms with Crippen molar-refractivity contribution in [2.75, 3.05) is 26.2 Å². The SMILES string of the molecule is C[C@H]1CN(C(=O)c2cn3nc(-c4ccc(F)cc4)cc(C(F)(F)F)c3n2)CCN1C(=O)OCC(C)(C)C. The molecular formula is C25H27F4N5O3. The topological polar surface area (TPSA) is 80.0 Å². The Morgan fingerprint density at radius 1 is 1.11 bits per heavy atom. The van der Waals surface area contributed by atoms with Gasteiger partial charge in [0.05, 0.1) is 18.5 Å². The lowest BCUT2D eigenvalue weighted by Gasteiger charge is -2.39. The maximum absolute atomic E-state index is 13.9. The van der Waals surface area contributed by atoms with Crippen LogP contribution in [0.15, 0.2) is 36.5 Å². The zero-order valence-electron chi connectivity index (χ0n) is 20.8. The second kappa shape index (κ2) is 9.64. The van der Waals surface area contributed by atoms with E-state index in [0.29, 0.717) is 0 Å². The highest BCUT2D eigenvalue weighted by Gasteiger charge is 2.37. The van der Waals surface area contributed by atoms with Crippen LogP contribution < -0.4 is 0 Å². The van der Waals surface area contributed by atoms with Crippen LogP contribution in [-0.4, -0.2) is 68.7 Å². The first-order valence-electron chi connectivity index (χ1n) is 11.7. The van der Waals surface area contributed by atoms with Crippen LogP contribution in [0.1, 0.15) is 43.7 Å². The molecule has 1 aromatic carbocycles. The maximum atomic E-state index is 13.9. The molecule has 37 heavy (non-hydrogen) atoms. The summed E-state index contributed by atoms with van der Waals surface area (Å²) in [5.41, 5.74) is -1.75. The average molecular weight is 522 g/mol. The zero-order chi connectivity index (χ0) is 27.1. The van der Waals surface area contributed by atoms with Gasteiger partial charge < -0.3 is 14.5 Å². The summed E-state index contributed by atoms with van der Waals surface area (Å²) in [5, 5.41) is 4.18. The predicted molar refractivity (Wildman–Crippen MR) is 126 cm³/mol. The van der Waals surface area contributed by atoms with E-state index < -0.39 is 35.2 Å². The van der Waals surface area contributed by atoms with E-state index in [-0.39, 0.29) is 54.6 Å². The summed E-state index contributed by atoms with van der Waals surface area (Å²) in [6.07, 6.45) is -4.10. The van der Waals surface area contributed by atoms with Crippen LogP contribution in [0.4, 0.5) is 22.4 Å². The molecule has 3 heterocycles. The second-order valence-corrected chi connectivity index (χ2v) is 10.3. The van der Waals surface area contributed by atoms with Crippen LogP contribution in [0.2, 0.25) is 0 Å². The van der Waals surface area contributed by atoms with E-state index >= 15 is 0 Å². The van der Waals surface area contributed by atoms with Crippen molar-refractivity contribution in [1.29, 1.82) is 0 Å². The first-order valence-corrected chi connectivity index (χ1v) is 11.7. The molecule has 2 amide bonds. The highest BCUT2D eigenvalue weighted by atomic mass is 19.4. The Morgan fingerprint density at radius 2 is 1.78 bits per heavy atom. The molecule has 12 heteroatoms. The molecule has 1 saturated heterocycles. The third-order valence-corrected chi connectivity index (χ3v) is 5.87. The van der Waals surface area contributed by atoms with Gasteiger partial charge in [-0.2, -0.15) is 18.3 Å². The van der Waals surface area contributed by atoms with Crippen molar-refractivity contribution >= 4 is 17.6 Å². The second-order valence-electron chi connectivity index (χ2n) is 10.3. The number of amides is 2. The van der Waals surface area contributed by atoms with Crippen molar-refractivity contribution in [3.05, 3.63) is 53.6 Å². The first kappa shape index (κ1) is 26.4. The fourth-order valence-electron chi connectivity index (χ4n) is 3.99. The number of halogens is 4. The molecule has 1 fully saturated rings. The predicted octanol–water partition coefficient (Wildman–Crippen LogP) is 4.88. The van der Waals surface area contributed by atoms with E-state index in [4.69, 9.17) is 4.74 Å². The van der Waals surface area contributed by atoms with Gasteiger partial charge in [-0.25, -0.2) is 18.7 Å². The third kappa shape index (κ3) is 5.83. The van der Waals surface area contributed by atoms with E-state index in [0.717, 1.165) is 28.9 Å². The number of nitrogens with zero attached hydrogens (tertiary/aromatic N) is 5. The highest BCUT2D eigenvalue weighted by Crippen LogP contribution is 2.34. The summed E-state index contributed by atoms with van der Waals surface area (Å²) < 4.78 is 61.2. The molecule has 8 nitrogen and oxygen atoms in total. The zero-order valence-corrected chi connectivity index (χ0v) is 20.8. The Kier molecular flexibility index (Phi) is 6.87. The summed E-state index contributed by atoms with van der Waals surface area (Å²) in [6.45, 7) is 8.38. The van der Waals surface area contributed by atoms with Gasteiger partial charge in [-0.3, -0.25) is 4.79 Å². The van der Waals surface area contributed by atoms with Gasteiger partial charge in [0.25, 0.3) is 5.91 Å². The molecule has 1 atom stereocenters. The number of rotatable bonds is 3. The van der Waals surface area contributed by atoms with E-state index in [1.54, 1.807) is 6.92 Å². The Morgan fingerprint density at radius 3 is 2.38 bits per heavy atom. The van der Waals surface area contributed by atoms with Gasteiger partial charge in [-0.05, 0) is 42.7 Å². The van der Waals surface area contributed by atoms with Crippen LogP contribution in [0, 0.1) is 11.2 Å². The third-order valence-electron chi connectivity index (χ3n) is 5.87. The standard InChI is InChI=1S/C25H27F4N5O3/c1-15-12-32(9-10-33(15)23(36)37-14-24(2,3)4)22(35)20-13-34-21(30-20)18(25(27,28)29)11-19(31-34)16-5-7-17(26)8-6-16/h5-8,11,13,15H,9-10,12,14H2,1-4H3/t15-/m0/s1. The van der Waals surface area contributed by atoms with E-state index in [9.17, 15) is 27.2 Å². The molecule has 198 valence electrons. The molecule has 0 aliphatic carbocycles. The molecular weight excluding hydrogens is 494 g/mol. The molecule has 3 aromatic rings. The number of piperazine rings is 1. The molecule has 0 unspecified atom stereocenters. The van der Waals surface area contributed by atoms with Crippen molar-refractivity contribution < 1.29 is 31.9 Å². The summed E-state index contributed by atoms with van der Waals surface area (Å²) in [5.74, 6) is -1.11. The van der Waals surface area contributed by atoms with Crippen molar-refractivity contribution in [3.8, 4) is 11.3 Å². The number of aromatic nitrogens is 3. The van der Waals surface area contributed by atoms with E-state index in [1.165, 1.54) is 21.9 Å². The van der Waals surface area contributed by atoms with Crippen LogP contribution in [0.25, 0.3) is 16.9 Å². The molecule has 0 spiro atoms. The van der Waals surface area contributed by atoms with E-state index in [1.807, 2.05) is 20.8 Å². The van der Waals surface area contributed by atoms with Crippen LogP contribution >= 0.6 is 0 Å². The van der Waals surface area contributed by atoms with Gasteiger partial charge in [0.1, 0.15) is 17.1 Å². The Labute approximate surface area is 210 Å². The Hall–Kier alpha value is -3.70. The lowest BCUT2D eigenvalue weighted by molar-refractivity contribution is -0.136. The lowest BCUT2D eigenvalue weighted by Crippen LogP contribution is -2.55. The van der Waals surface area contributed by atoms with Gasteiger partial charge in [0.2, 0.25) is 0 Å².